The molecule has 0 spiro atoms. The first kappa shape index (κ1) is 29.8. The molecule has 0 aromatic heterocycles. The Hall–Kier alpha value is -2.38. The van der Waals surface area contributed by atoms with E-state index in [1.807, 2.05) is 0 Å². The third-order valence-corrected chi connectivity index (χ3v) is 6.56. The van der Waals surface area contributed by atoms with Gasteiger partial charge in [0, 0.05) is 17.4 Å². The summed E-state index contributed by atoms with van der Waals surface area (Å²) in [6, 6.07) is 3.54. The summed E-state index contributed by atoms with van der Waals surface area (Å²) in [7, 11) is 0. The smallest absolute Gasteiger partial charge is 0.461 e. The lowest BCUT2D eigenvalue weighted by atomic mass is 9.80. The van der Waals surface area contributed by atoms with Gasteiger partial charge in [0.2, 0.25) is 0 Å². The highest BCUT2D eigenvalue weighted by Gasteiger charge is 2.46. The SMILES string of the molecule is C=CCC(N[S+]([O-])C(C)(C)C)(c1cc(F)cc(OC(F)(F)C(F)F)c1)c1ccc(F)c(C(F)(F)F)c1. The van der Waals surface area contributed by atoms with Crippen LogP contribution in [0.1, 0.15) is 43.9 Å². The number of hydrogen-bond donors (Lipinski definition) is 1. The molecule has 2 unspecified atom stereocenters. The Morgan fingerprint density at radius 2 is 1.61 bits per heavy atom. The highest BCUT2D eigenvalue weighted by atomic mass is 32.2. The molecule has 0 saturated carbocycles. The largest absolute Gasteiger partial charge is 0.598 e. The molecular formula is C23H22F9NO2S. The molecule has 0 radical (unpaired) electrons. The first-order valence-corrected chi connectivity index (χ1v) is 11.3. The van der Waals surface area contributed by atoms with Crippen molar-refractivity contribution in [2.24, 2.45) is 0 Å². The number of alkyl halides is 7. The topological polar surface area (TPSA) is 44.3 Å². The van der Waals surface area contributed by atoms with Crippen LogP contribution in [0.25, 0.3) is 0 Å². The van der Waals surface area contributed by atoms with Gasteiger partial charge in [0.1, 0.15) is 27.7 Å². The maximum absolute atomic E-state index is 14.5. The van der Waals surface area contributed by atoms with E-state index in [1.54, 1.807) is 0 Å². The second-order valence-electron chi connectivity index (χ2n) is 8.71. The quantitative estimate of drug-likeness (QED) is 0.207. The first-order valence-electron chi connectivity index (χ1n) is 10.2. The summed E-state index contributed by atoms with van der Waals surface area (Å²) in [4.78, 5) is 0. The van der Waals surface area contributed by atoms with Crippen LogP contribution in [0.2, 0.25) is 0 Å². The molecule has 3 nitrogen and oxygen atoms in total. The Balaban J connectivity index is 2.88. The van der Waals surface area contributed by atoms with Crippen LogP contribution in [0.3, 0.4) is 0 Å². The maximum Gasteiger partial charge on any atom is 0.461 e. The molecule has 36 heavy (non-hydrogen) atoms. The van der Waals surface area contributed by atoms with E-state index in [1.165, 1.54) is 20.8 Å². The third-order valence-electron chi connectivity index (χ3n) is 4.91. The predicted octanol–water partition coefficient (Wildman–Crippen LogP) is 7.09. The normalized spacial score (nSPS) is 15.5. The number of benzene rings is 2. The number of hydrogen-bond acceptors (Lipinski definition) is 3. The second-order valence-corrected chi connectivity index (χ2v) is 10.7. The summed E-state index contributed by atoms with van der Waals surface area (Å²) < 4.78 is 140. The van der Waals surface area contributed by atoms with Gasteiger partial charge in [-0.1, -0.05) is 12.1 Å². The van der Waals surface area contributed by atoms with Gasteiger partial charge in [0.05, 0.1) is 5.56 Å². The molecule has 2 atom stereocenters. The standard InChI is InChI=1S/C23H22F9NO2S/c1-5-8-21(33-36(34)20(2,3)4,13-6-7-18(25)17(11-13)22(28,29)30)14-9-15(24)12-16(10-14)35-23(31,32)19(26)27/h5-7,9-12,19,33H,1,8H2,2-4H3. The summed E-state index contributed by atoms with van der Waals surface area (Å²) in [6.45, 7) is 8.01. The van der Waals surface area contributed by atoms with Gasteiger partial charge in [-0.05, 0) is 62.6 Å². The van der Waals surface area contributed by atoms with Crippen molar-refractivity contribution in [1.29, 1.82) is 0 Å². The Morgan fingerprint density at radius 3 is 2.11 bits per heavy atom. The zero-order valence-electron chi connectivity index (χ0n) is 19.2. The predicted molar refractivity (Wildman–Crippen MR) is 116 cm³/mol. The molecule has 2 aromatic carbocycles. The number of ether oxygens (including phenoxy) is 1. The zero-order valence-corrected chi connectivity index (χ0v) is 20.0. The Morgan fingerprint density at radius 1 is 1.00 bits per heavy atom. The Labute approximate surface area is 204 Å². The minimum Gasteiger partial charge on any atom is -0.598 e. The molecule has 0 saturated heterocycles. The summed E-state index contributed by atoms with van der Waals surface area (Å²) in [5.74, 6) is -3.98. The highest BCUT2D eigenvalue weighted by Crippen LogP contribution is 2.41. The van der Waals surface area contributed by atoms with Crippen LogP contribution in [-0.4, -0.2) is 21.8 Å². The van der Waals surface area contributed by atoms with E-state index < -0.39 is 75.3 Å². The highest BCUT2D eigenvalue weighted by molar-refractivity contribution is 7.90. The van der Waals surface area contributed by atoms with Crippen molar-refractivity contribution in [2.45, 2.75) is 56.2 Å². The van der Waals surface area contributed by atoms with Crippen molar-refractivity contribution in [2.75, 3.05) is 0 Å². The van der Waals surface area contributed by atoms with Gasteiger partial charge in [-0.2, -0.15) is 30.7 Å². The minimum atomic E-state index is -5.15. The van der Waals surface area contributed by atoms with E-state index in [2.05, 4.69) is 16.0 Å². The van der Waals surface area contributed by atoms with Crippen molar-refractivity contribution in [3.05, 3.63) is 77.4 Å². The fraction of sp³-hybridized carbons (Fsp3) is 0.391. The van der Waals surface area contributed by atoms with Crippen molar-refractivity contribution in [1.82, 2.24) is 4.72 Å². The van der Waals surface area contributed by atoms with Crippen LogP contribution in [0.5, 0.6) is 5.75 Å². The molecule has 2 rings (SSSR count). The maximum atomic E-state index is 14.5. The van der Waals surface area contributed by atoms with Crippen LogP contribution in [0.4, 0.5) is 39.5 Å². The van der Waals surface area contributed by atoms with E-state index in [4.69, 9.17) is 0 Å². The van der Waals surface area contributed by atoms with Gasteiger partial charge in [0.25, 0.3) is 0 Å². The summed E-state index contributed by atoms with van der Waals surface area (Å²) in [5, 5.41) is 0. The van der Waals surface area contributed by atoms with Crippen LogP contribution in [-0.2, 0) is 23.1 Å². The number of rotatable bonds is 9. The number of nitrogens with one attached hydrogen (secondary N) is 1. The van der Waals surface area contributed by atoms with Gasteiger partial charge in [-0.3, -0.25) is 0 Å². The van der Waals surface area contributed by atoms with E-state index in [0.29, 0.717) is 30.3 Å². The molecule has 0 amide bonds. The van der Waals surface area contributed by atoms with E-state index >= 15 is 0 Å². The van der Waals surface area contributed by atoms with E-state index in [-0.39, 0.29) is 5.56 Å². The molecule has 2 aromatic rings. The molecular weight excluding hydrogens is 525 g/mol. The van der Waals surface area contributed by atoms with Gasteiger partial charge in [-0.25, -0.2) is 8.78 Å². The van der Waals surface area contributed by atoms with Gasteiger partial charge in [-0.15, -0.1) is 11.3 Å². The molecule has 0 aliphatic carbocycles. The first-order chi connectivity index (χ1) is 16.3. The fourth-order valence-electron chi connectivity index (χ4n) is 3.17. The van der Waals surface area contributed by atoms with Crippen LogP contribution in [0, 0.1) is 11.6 Å². The molecule has 13 heteroatoms. The van der Waals surface area contributed by atoms with Crippen molar-refractivity contribution >= 4 is 11.4 Å². The summed E-state index contributed by atoms with van der Waals surface area (Å²) in [6.07, 6.45) is -13.7. The summed E-state index contributed by atoms with van der Waals surface area (Å²) >= 11 is -2.09. The molecule has 200 valence electrons. The molecule has 0 aliphatic rings. The number of halogens is 9. The van der Waals surface area contributed by atoms with Gasteiger partial charge in [0.15, 0.2) is 0 Å². The lowest BCUT2D eigenvalue weighted by molar-refractivity contribution is -0.253. The Bertz CT molecular complexity index is 1090. The molecule has 0 bridgehead atoms. The third kappa shape index (κ3) is 6.68. The second kappa shape index (κ2) is 10.5. The molecule has 0 aliphatic heterocycles. The average molecular weight is 547 g/mol. The zero-order chi connectivity index (χ0) is 27.7. The average Bonchev–Trinajstić information content (AvgIpc) is 2.71. The van der Waals surface area contributed by atoms with E-state index in [9.17, 15) is 44.1 Å². The minimum absolute atomic E-state index is 0.366. The van der Waals surface area contributed by atoms with Crippen molar-refractivity contribution in [3.8, 4) is 5.75 Å². The molecule has 0 heterocycles. The molecule has 0 fully saturated rings. The Kier molecular flexibility index (Phi) is 8.74. The van der Waals surface area contributed by atoms with Crippen LogP contribution >= 0.6 is 0 Å². The monoisotopic (exact) mass is 547 g/mol. The lowest BCUT2D eigenvalue weighted by Crippen LogP contribution is -2.52. The van der Waals surface area contributed by atoms with Crippen molar-refractivity contribution in [3.63, 3.8) is 0 Å². The summed E-state index contributed by atoms with van der Waals surface area (Å²) in [5.41, 5.74) is -4.58. The fourth-order valence-corrected chi connectivity index (χ4v) is 4.11. The van der Waals surface area contributed by atoms with Gasteiger partial charge >= 0.3 is 18.7 Å². The van der Waals surface area contributed by atoms with E-state index in [0.717, 1.165) is 12.1 Å². The van der Waals surface area contributed by atoms with Gasteiger partial charge < -0.3 is 9.29 Å². The van der Waals surface area contributed by atoms with Crippen LogP contribution < -0.4 is 9.46 Å². The van der Waals surface area contributed by atoms with Crippen molar-refractivity contribution < 1.29 is 48.8 Å². The lowest BCUT2D eigenvalue weighted by Gasteiger charge is -2.38. The molecule has 1 N–H and O–H groups in total. The van der Waals surface area contributed by atoms with Crippen LogP contribution in [0.15, 0.2) is 49.1 Å².